The number of hydrogen-bond donors (Lipinski definition) is 2. The van der Waals surface area contributed by atoms with Crippen molar-refractivity contribution in [3.05, 3.63) is 89.2 Å². The summed E-state index contributed by atoms with van der Waals surface area (Å²) < 4.78 is 0. The normalized spacial score (nSPS) is 10.4. The highest BCUT2D eigenvalue weighted by molar-refractivity contribution is 5.94. The quantitative estimate of drug-likeness (QED) is 0.695. The number of carbonyl (C=O) groups excluding carboxylic acids is 1. The molecular weight excluding hydrogens is 322 g/mol. The average molecular weight is 345 g/mol. The van der Waals surface area contributed by atoms with Crippen LogP contribution < -0.4 is 10.6 Å². The highest BCUT2D eigenvalue weighted by Crippen LogP contribution is 2.21. The van der Waals surface area contributed by atoms with Gasteiger partial charge < -0.3 is 10.6 Å². The molecule has 0 unspecified atom stereocenters. The number of hydrogen-bond acceptors (Lipinski definition) is 3. The molecule has 0 aliphatic carbocycles. The SMILES string of the molecule is Cc1ccc(Nc2cncc(C(=O)NCCc3ccccc3)c2)c(C)c1. The molecule has 2 N–H and O–H groups in total. The number of carbonyl (C=O) groups is 1. The maximum absolute atomic E-state index is 12.4. The molecule has 4 heteroatoms. The number of benzene rings is 2. The summed E-state index contributed by atoms with van der Waals surface area (Å²) in [6.07, 6.45) is 4.12. The molecule has 0 atom stereocenters. The summed E-state index contributed by atoms with van der Waals surface area (Å²) in [6.45, 7) is 4.72. The van der Waals surface area contributed by atoms with E-state index in [4.69, 9.17) is 0 Å². The van der Waals surface area contributed by atoms with Crippen molar-refractivity contribution in [2.45, 2.75) is 20.3 Å². The van der Waals surface area contributed by atoms with Gasteiger partial charge in [0.1, 0.15) is 0 Å². The van der Waals surface area contributed by atoms with E-state index in [-0.39, 0.29) is 5.91 Å². The lowest BCUT2D eigenvalue weighted by molar-refractivity contribution is 0.0954. The molecule has 0 spiro atoms. The van der Waals surface area contributed by atoms with E-state index in [1.807, 2.05) is 30.3 Å². The van der Waals surface area contributed by atoms with Crippen LogP contribution in [0.5, 0.6) is 0 Å². The third-order valence-electron chi connectivity index (χ3n) is 4.20. The lowest BCUT2D eigenvalue weighted by atomic mass is 10.1. The molecule has 1 amide bonds. The number of anilines is 2. The molecule has 132 valence electrons. The predicted molar refractivity (Wildman–Crippen MR) is 106 cm³/mol. The average Bonchev–Trinajstić information content (AvgIpc) is 2.65. The van der Waals surface area contributed by atoms with Crippen molar-refractivity contribution in [1.29, 1.82) is 0 Å². The monoisotopic (exact) mass is 345 g/mol. The van der Waals surface area contributed by atoms with E-state index in [9.17, 15) is 4.79 Å². The molecule has 1 aromatic heterocycles. The van der Waals surface area contributed by atoms with Gasteiger partial charge in [0.05, 0.1) is 17.4 Å². The van der Waals surface area contributed by atoms with Crippen LogP contribution in [0.1, 0.15) is 27.0 Å². The Morgan fingerprint density at radius 2 is 1.81 bits per heavy atom. The number of rotatable bonds is 6. The minimum absolute atomic E-state index is 0.113. The smallest absolute Gasteiger partial charge is 0.252 e. The number of aromatic nitrogens is 1. The highest BCUT2D eigenvalue weighted by atomic mass is 16.1. The van der Waals surface area contributed by atoms with Gasteiger partial charge in [0.2, 0.25) is 0 Å². The van der Waals surface area contributed by atoms with Crippen molar-refractivity contribution in [3.63, 3.8) is 0 Å². The van der Waals surface area contributed by atoms with Crippen LogP contribution >= 0.6 is 0 Å². The Hall–Kier alpha value is -3.14. The van der Waals surface area contributed by atoms with Crippen molar-refractivity contribution in [2.24, 2.45) is 0 Å². The molecule has 3 aromatic rings. The summed E-state index contributed by atoms with van der Waals surface area (Å²) in [6, 6.07) is 18.2. The molecule has 0 radical (unpaired) electrons. The summed E-state index contributed by atoms with van der Waals surface area (Å²) in [5.41, 5.74) is 5.94. The van der Waals surface area contributed by atoms with E-state index in [0.717, 1.165) is 23.4 Å². The molecule has 0 saturated carbocycles. The van der Waals surface area contributed by atoms with Crippen molar-refractivity contribution in [2.75, 3.05) is 11.9 Å². The van der Waals surface area contributed by atoms with E-state index in [1.54, 1.807) is 12.4 Å². The summed E-state index contributed by atoms with van der Waals surface area (Å²) >= 11 is 0. The molecule has 0 bridgehead atoms. The molecule has 0 fully saturated rings. The lowest BCUT2D eigenvalue weighted by Gasteiger charge is -2.11. The first-order chi connectivity index (χ1) is 12.6. The largest absolute Gasteiger partial charge is 0.354 e. The Balaban J connectivity index is 1.62. The van der Waals surface area contributed by atoms with Crippen LogP contribution in [0.3, 0.4) is 0 Å². The molecule has 0 saturated heterocycles. The summed E-state index contributed by atoms with van der Waals surface area (Å²) in [7, 11) is 0. The molecule has 4 nitrogen and oxygen atoms in total. The number of amides is 1. The zero-order valence-corrected chi connectivity index (χ0v) is 15.1. The third kappa shape index (κ3) is 4.70. The van der Waals surface area contributed by atoms with E-state index in [1.165, 1.54) is 11.1 Å². The van der Waals surface area contributed by atoms with Gasteiger partial charge in [0, 0.05) is 18.4 Å². The first-order valence-corrected chi connectivity index (χ1v) is 8.73. The fraction of sp³-hybridized carbons (Fsp3) is 0.182. The van der Waals surface area contributed by atoms with Crippen molar-refractivity contribution >= 4 is 17.3 Å². The number of pyridine rings is 1. The fourth-order valence-electron chi connectivity index (χ4n) is 2.81. The van der Waals surface area contributed by atoms with Gasteiger partial charge in [-0.2, -0.15) is 0 Å². The van der Waals surface area contributed by atoms with Gasteiger partial charge in [0.25, 0.3) is 5.91 Å². The van der Waals surface area contributed by atoms with Crippen LogP contribution in [0.4, 0.5) is 11.4 Å². The Kier molecular flexibility index (Phi) is 5.64. The standard InChI is InChI=1S/C22H23N3O/c1-16-8-9-21(17(2)12-16)25-20-13-19(14-23-15-20)22(26)24-11-10-18-6-4-3-5-7-18/h3-9,12-15,25H,10-11H2,1-2H3,(H,24,26). The van der Waals surface area contributed by atoms with Crippen molar-refractivity contribution in [3.8, 4) is 0 Å². The number of nitrogens with zero attached hydrogens (tertiary/aromatic N) is 1. The minimum atomic E-state index is -0.113. The second kappa shape index (κ2) is 8.30. The van der Waals surface area contributed by atoms with Gasteiger partial charge in [-0.25, -0.2) is 0 Å². The van der Waals surface area contributed by atoms with Crippen LogP contribution in [-0.2, 0) is 6.42 Å². The molecule has 0 aliphatic rings. The summed E-state index contributed by atoms with van der Waals surface area (Å²) in [5, 5.41) is 6.28. The van der Waals surface area contributed by atoms with Gasteiger partial charge in [-0.05, 0) is 43.5 Å². The van der Waals surface area contributed by atoms with Gasteiger partial charge in [-0.15, -0.1) is 0 Å². The van der Waals surface area contributed by atoms with Crippen molar-refractivity contribution < 1.29 is 4.79 Å². The molecule has 26 heavy (non-hydrogen) atoms. The fourth-order valence-corrected chi connectivity index (χ4v) is 2.81. The zero-order chi connectivity index (χ0) is 18.4. The van der Waals surface area contributed by atoms with Gasteiger partial charge in [-0.1, -0.05) is 48.0 Å². The Labute approximate surface area is 154 Å². The second-order valence-corrected chi connectivity index (χ2v) is 6.40. The number of nitrogens with one attached hydrogen (secondary N) is 2. The predicted octanol–water partition coefficient (Wildman–Crippen LogP) is 4.41. The van der Waals surface area contributed by atoms with Crippen LogP contribution in [-0.4, -0.2) is 17.4 Å². The molecule has 2 aromatic carbocycles. The maximum Gasteiger partial charge on any atom is 0.252 e. The van der Waals surface area contributed by atoms with E-state index in [0.29, 0.717) is 12.1 Å². The van der Waals surface area contributed by atoms with Crippen LogP contribution in [0, 0.1) is 13.8 Å². The van der Waals surface area contributed by atoms with E-state index >= 15 is 0 Å². The zero-order valence-electron chi connectivity index (χ0n) is 15.1. The highest BCUT2D eigenvalue weighted by Gasteiger charge is 2.07. The molecule has 3 rings (SSSR count). The third-order valence-corrected chi connectivity index (χ3v) is 4.20. The van der Waals surface area contributed by atoms with Gasteiger partial charge in [0.15, 0.2) is 0 Å². The van der Waals surface area contributed by atoms with Crippen molar-refractivity contribution in [1.82, 2.24) is 10.3 Å². The van der Waals surface area contributed by atoms with Gasteiger partial charge >= 0.3 is 0 Å². The maximum atomic E-state index is 12.4. The van der Waals surface area contributed by atoms with E-state index < -0.39 is 0 Å². The van der Waals surface area contributed by atoms with Crippen LogP contribution in [0.2, 0.25) is 0 Å². The summed E-state index contributed by atoms with van der Waals surface area (Å²) in [4.78, 5) is 16.6. The van der Waals surface area contributed by atoms with Crippen LogP contribution in [0.15, 0.2) is 67.0 Å². The first kappa shape index (κ1) is 17.7. The minimum Gasteiger partial charge on any atom is -0.354 e. The number of aryl methyl sites for hydroxylation is 2. The summed E-state index contributed by atoms with van der Waals surface area (Å²) in [5.74, 6) is -0.113. The topological polar surface area (TPSA) is 54.0 Å². The Morgan fingerprint density at radius 1 is 1.00 bits per heavy atom. The molecule has 0 aliphatic heterocycles. The van der Waals surface area contributed by atoms with Crippen LogP contribution in [0.25, 0.3) is 0 Å². The molecular formula is C22H23N3O. The van der Waals surface area contributed by atoms with E-state index in [2.05, 4.69) is 53.7 Å². The molecule has 1 heterocycles. The Morgan fingerprint density at radius 3 is 2.58 bits per heavy atom. The lowest BCUT2D eigenvalue weighted by Crippen LogP contribution is -2.25. The first-order valence-electron chi connectivity index (χ1n) is 8.73. The second-order valence-electron chi connectivity index (χ2n) is 6.40. The van der Waals surface area contributed by atoms with Gasteiger partial charge in [-0.3, -0.25) is 9.78 Å². The Bertz CT molecular complexity index is 891.